The highest BCUT2D eigenvalue weighted by Gasteiger charge is 2.44. The molecule has 20 rings (SSSR count). The second-order valence-electron chi connectivity index (χ2n) is 14.2. The van der Waals surface area contributed by atoms with Gasteiger partial charge in [0, 0.05) is 58.6 Å². The number of rotatable bonds is 2. The Hall–Kier alpha value is -3.38. The maximum atomic E-state index is 12.8. The van der Waals surface area contributed by atoms with Gasteiger partial charge in [0.05, 0.1) is 5.56 Å². The molecule has 5 aromatic rings. The fourth-order valence-corrected chi connectivity index (χ4v) is 15.2. The van der Waals surface area contributed by atoms with Gasteiger partial charge < -0.3 is 10.2 Å². The highest BCUT2D eigenvalue weighted by Crippen LogP contribution is 2.59. The third-order valence-corrected chi connectivity index (χ3v) is 18.5. The monoisotopic (exact) mass is 802 g/mol. The van der Waals surface area contributed by atoms with Gasteiger partial charge in [0.25, 0.3) is 0 Å². The summed E-state index contributed by atoms with van der Waals surface area (Å²) in [6.45, 7) is 6.56. The first-order chi connectivity index (χ1) is 25.6. The first-order valence-electron chi connectivity index (χ1n) is 17.2. The van der Waals surface area contributed by atoms with E-state index in [0.29, 0.717) is 5.57 Å². The molecule has 0 fully saturated rings. The van der Waals surface area contributed by atoms with Crippen molar-refractivity contribution in [3.63, 3.8) is 0 Å². The van der Waals surface area contributed by atoms with E-state index in [1.807, 2.05) is 6.92 Å². The highest BCUT2D eigenvalue weighted by atomic mass is 33.1. The van der Waals surface area contributed by atoms with Crippen molar-refractivity contribution >= 4 is 76.7 Å². The van der Waals surface area contributed by atoms with Crippen LogP contribution in [0.5, 0.6) is 0 Å². The molecule has 6 aliphatic carbocycles. The molecule has 0 saturated heterocycles. The summed E-state index contributed by atoms with van der Waals surface area (Å²) in [5.74, 6) is -1.85. The maximum absolute atomic E-state index is 12.8. The van der Waals surface area contributed by atoms with Crippen molar-refractivity contribution in [3.05, 3.63) is 163 Å². The summed E-state index contributed by atoms with van der Waals surface area (Å²) in [7, 11) is 9.90. The average Bonchev–Trinajstić information content (AvgIpc) is 3.15. The lowest BCUT2D eigenvalue weighted by Gasteiger charge is -2.42. The molecule has 262 valence electrons. The van der Waals surface area contributed by atoms with Gasteiger partial charge in [-0.15, -0.1) is 0 Å². The Kier molecular flexibility index (Phi) is 8.28. The van der Waals surface area contributed by atoms with Crippen LogP contribution in [0.2, 0.25) is 0 Å². The van der Waals surface area contributed by atoms with Crippen LogP contribution in [-0.2, 0) is 4.79 Å². The molecule has 0 aromatic heterocycles. The first kappa shape index (κ1) is 34.1. The van der Waals surface area contributed by atoms with Gasteiger partial charge >= 0.3 is 11.9 Å². The number of carbonyl (C=O) groups is 2. The molecule has 15 aliphatic rings. The van der Waals surface area contributed by atoms with Crippen molar-refractivity contribution < 1.29 is 19.8 Å². The number of hydrogen-bond acceptors (Lipinski definition) is 8. The van der Waals surface area contributed by atoms with Gasteiger partial charge in [-0.1, -0.05) is 100 Å². The van der Waals surface area contributed by atoms with E-state index in [1.165, 1.54) is 54.7 Å². The molecule has 53 heavy (non-hydrogen) atoms. The van der Waals surface area contributed by atoms with Gasteiger partial charge in [-0.2, -0.15) is 0 Å². The smallest absolute Gasteiger partial charge is 0.335 e. The molecular weight excluding hydrogens is 773 g/mol. The number of aromatic carboxylic acids is 1. The minimum atomic E-state index is -0.954. The van der Waals surface area contributed by atoms with Crippen molar-refractivity contribution in [1.29, 1.82) is 0 Å². The van der Waals surface area contributed by atoms with Gasteiger partial charge in [-0.3, -0.25) is 0 Å². The van der Waals surface area contributed by atoms with Crippen molar-refractivity contribution in [2.24, 2.45) is 0 Å². The van der Waals surface area contributed by atoms with E-state index >= 15 is 0 Å². The number of carboxylic acid groups (broad SMARTS) is 2. The summed E-state index contributed by atoms with van der Waals surface area (Å²) in [6.07, 6.45) is 0. The predicted octanol–water partition coefficient (Wildman–Crippen LogP) is 13.0. The fraction of sp³-hybridized carbons (Fsp3) is 0.163. The Balaban J connectivity index is 1.10. The van der Waals surface area contributed by atoms with Crippen LogP contribution in [0.1, 0.15) is 99.3 Å². The maximum Gasteiger partial charge on any atom is 0.335 e. The van der Waals surface area contributed by atoms with E-state index in [9.17, 15) is 19.8 Å². The van der Waals surface area contributed by atoms with E-state index in [0.717, 1.165) is 46.7 Å². The average molecular weight is 803 g/mol. The molecule has 9 heterocycles. The lowest BCUT2D eigenvalue weighted by Crippen LogP contribution is -2.30. The molecule has 0 spiro atoms. The Bertz CT molecular complexity index is 2550. The SMILES string of the molecule is CC1=C(C)C2c3ccc4cc3C1c1ccc(cc12)SSc1ccc2c(c1)C1C(C)=C(C(=O)O)C2c2cc(ccc21)SSc1cc(cc(C(=O)O)c1)SS4. The topological polar surface area (TPSA) is 74.6 Å². The van der Waals surface area contributed by atoms with Gasteiger partial charge in [0.1, 0.15) is 0 Å². The molecule has 0 saturated carbocycles. The number of aliphatic carboxylic acids is 1. The van der Waals surface area contributed by atoms with E-state index in [2.05, 4.69) is 92.7 Å². The Morgan fingerprint density at radius 2 is 0.736 bits per heavy atom. The number of hydrogen-bond donors (Lipinski definition) is 2. The van der Waals surface area contributed by atoms with Gasteiger partial charge in [0.15, 0.2) is 0 Å². The molecule has 18 bridgehead atoms. The zero-order chi connectivity index (χ0) is 36.3. The summed E-state index contributed by atoms with van der Waals surface area (Å²) in [4.78, 5) is 31.3. The van der Waals surface area contributed by atoms with Crippen LogP contribution in [0.25, 0.3) is 0 Å². The summed E-state index contributed by atoms with van der Waals surface area (Å²) in [5, 5.41) is 20.5. The van der Waals surface area contributed by atoms with Crippen molar-refractivity contribution in [2.75, 3.05) is 0 Å². The van der Waals surface area contributed by atoms with E-state index in [1.54, 1.807) is 66.1 Å². The van der Waals surface area contributed by atoms with Crippen LogP contribution in [0.15, 0.2) is 143 Å². The van der Waals surface area contributed by atoms with Crippen LogP contribution >= 0.6 is 64.8 Å². The molecule has 9 aliphatic heterocycles. The summed E-state index contributed by atoms with van der Waals surface area (Å²) in [6, 6.07) is 32.4. The zero-order valence-corrected chi connectivity index (χ0v) is 33.5. The molecule has 5 aromatic carbocycles. The summed E-state index contributed by atoms with van der Waals surface area (Å²) >= 11 is 0. The van der Waals surface area contributed by atoms with Crippen molar-refractivity contribution in [2.45, 2.75) is 73.8 Å². The summed E-state index contributed by atoms with van der Waals surface area (Å²) < 4.78 is 0. The molecule has 0 radical (unpaired) electrons. The predicted molar refractivity (Wildman–Crippen MR) is 220 cm³/mol. The zero-order valence-electron chi connectivity index (χ0n) is 28.6. The Morgan fingerprint density at radius 1 is 0.396 bits per heavy atom. The lowest BCUT2D eigenvalue weighted by molar-refractivity contribution is -0.133. The largest absolute Gasteiger partial charge is 0.478 e. The standard InChI is InChI=1S/C43H30O4S6/c1-19-20(2)38-29-8-4-23-15-33(29)37(19)30-9-5-25(16-34(30)38)50-52-27-12-22(42(44)45)13-28(14-27)53-51-26-6-10-31-36(18-26)41-32-11-7-24(49-48-23)17-35(32)39(31)21(3)40(41)43(46)47/h4-18,37-39,41H,1-3H3,(H,44,45)(H,46,47). The van der Waals surface area contributed by atoms with E-state index in [4.69, 9.17) is 0 Å². The van der Waals surface area contributed by atoms with Crippen LogP contribution in [0.4, 0.5) is 0 Å². The van der Waals surface area contributed by atoms with Crippen molar-refractivity contribution in [3.8, 4) is 0 Å². The normalized spacial score (nSPS) is 21.9. The minimum Gasteiger partial charge on any atom is -0.478 e. The second-order valence-corrected chi connectivity index (χ2v) is 21.0. The van der Waals surface area contributed by atoms with Gasteiger partial charge in [0.2, 0.25) is 0 Å². The highest BCUT2D eigenvalue weighted by molar-refractivity contribution is 8.77. The molecular formula is C43H30O4S6. The van der Waals surface area contributed by atoms with Gasteiger partial charge in [-0.25, -0.2) is 9.59 Å². The molecule has 0 amide bonds. The minimum absolute atomic E-state index is 0.120. The first-order valence-corrected chi connectivity index (χ1v) is 23.7. The Morgan fingerprint density at radius 3 is 1.11 bits per heavy atom. The van der Waals surface area contributed by atoms with Crippen LogP contribution in [0, 0.1) is 0 Å². The number of benzene rings is 5. The molecule has 4 unspecified atom stereocenters. The third kappa shape index (κ3) is 5.42. The van der Waals surface area contributed by atoms with Crippen molar-refractivity contribution in [1.82, 2.24) is 0 Å². The Labute approximate surface area is 331 Å². The summed E-state index contributed by atoms with van der Waals surface area (Å²) in [5.41, 5.74) is 14.5. The number of carboxylic acids is 2. The van der Waals surface area contributed by atoms with Gasteiger partial charge in [-0.05, 0) is 138 Å². The second kappa shape index (κ2) is 12.9. The molecule has 10 heteroatoms. The quantitative estimate of drug-likeness (QED) is 0.133. The molecule has 4 atom stereocenters. The lowest BCUT2D eigenvalue weighted by atomic mass is 9.61. The molecule has 2 N–H and O–H groups in total. The van der Waals surface area contributed by atoms with Crippen LogP contribution in [-0.4, -0.2) is 22.2 Å². The molecule has 4 nitrogen and oxygen atoms in total. The van der Waals surface area contributed by atoms with E-state index in [-0.39, 0.29) is 29.2 Å². The van der Waals surface area contributed by atoms with E-state index < -0.39 is 11.9 Å². The number of allylic oxidation sites excluding steroid dienone is 3. The fourth-order valence-electron chi connectivity index (χ4n) is 9.06. The van der Waals surface area contributed by atoms with Crippen LogP contribution < -0.4 is 0 Å². The van der Waals surface area contributed by atoms with Crippen LogP contribution in [0.3, 0.4) is 0 Å². The third-order valence-electron chi connectivity index (χ3n) is 11.4.